The lowest BCUT2D eigenvalue weighted by atomic mass is 9.98. The van der Waals surface area contributed by atoms with Crippen molar-refractivity contribution in [2.75, 3.05) is 60.4 Å². The largest absolute Gasteiger partial charge is 0.339 e. The van der Waals surface area contributed by atoms with Crippen molar-refractivity contribution < 1.29 is 9.32 Å². The maximum Gasteiger partial charge on any atom is 0.319 e. The number of piperidine rings is 1. The Morgan fingerprint density at radius 3 is 2.71 bits per heavy atom. The number of carbonyl (C=O) groups excluding carboxylic acids is 1. The fourth-order valence-corrected chi connectivity index (χ4v) is 3.34. The highest BCUT2D eigenvalue weighted by Gasteiger charge is 2.29. The van der Waals surface area contributed by atoms with Crippen molar-refractivity contribution in [2.24, 2.45) is 0 Å². The smallest absolute Gasteiger partial charge is 0.319 e. The second-order valence-electron chi connectivity index (χ2n) is 7.09. The number of likely N-dealkylation sites (N-methyl/N-ethyl adjacent to an activating group) is 1. The second kappa shape index (κ2) is 7.48. The summed E-state index contributed by atoms with van der Waals surface area (Å²) in [5.74, 6) is 1.58. The Morgan fingerprint density at radius 2 is 2.00 bits per heavy atom. The number of likely N-dealkylation sites (tertiary alicyclic amines) is 1. The van der Waals surface area contributed by atoms with E-state index < -0.39 is 0 Å². The van der Waals surface area contributed by atoms with Crippen LogP contribution >= 0.6 is 0 Å². The Hall–Kier alpha value is -1.67. The van der Waals surface area contributed by atoms with Crippen LogP contribution in [0.15, 0.2) is 4.52 Å². The highest BCUT2D eigenvalue weighted by atomic mass is 16.5. The fraction of sp³-hybridized carbons (Fsp3) is 0.812. The lowest BCUT2D eigenvalue weighted by Crippen LogP contribution is -2.44. The van der Waals surface area contributed by atoms with Gasteiger partial charge in [0.1, 0.15) is 0 Å². The second-order valence-corrected chi connectivity index (χ2v) is 7.09. The van der Waals surface area contributed by atoms with Gasteiger partial charge in [-0.25, -0.2) is 4.79 Å². The summed E-state index contributed by atoms with van der Waals surface area (Å²) in [4.78, 5) is 24.9. The van der Waals surface area contributed by atoms with Crippen LogP contribution in [0.4, 0.5) is 4.79 Å². The van der Waals surface area contributed by atoms with Crippen molar-refractivity contribution in [1.82, 2.24) is 29.7 Å². The van der Waals surface area contributed by atoms with Crippen molar-refractivity contribution in [3.8, 4) is 0 Å². The Balaban J connectivity index is 1.57. The molecule has 1 aromatic rings. The third kappa shape index (κ3) is 4.05. The molecule has 0 radical (unpaired) electrons. The average Bonchev–Trinajstić information content (AvgIpc) is 3.05. The maximum atomic E-state index is 12.1. The van der Waals surface area contributed by atoms with Crippen molar-refractivity contribution in [1.29, 1.82) is 0 Å². The summed E-state index contributed by atoms with van der Waals surface area (Å²) in [6.07, 6.45) is 1.97. The number of amides is 2. The molecule has 2 amide bonds. The van der Waals surface area contributed by atoms with Crippen LogP contribution in [0.3, 0.4) is 0 Å². The van der Waals surface area contributed by atoms with Crippen LogP contribution < -0.4 is 0 Å². The van der Waals surface area contributed by atoms with E-state index in [2.05, 4.69) is 27.0 Å². The first-order chi connectivity index (χ1) is 11.5. The summed E-state index contributed by atoms with van der Waals surface area (Å²) < 4.78 is 5.51. The predicted octanol–water partition coefficient (Wildman–Crippen LogP) is 0.678. The van der Waals surface area contributed by atoms with Gasteiger partial charge in [-0.05, 0) is 19.9 Å². The summed E-state index contributed by atoms with van der Waals surface area (Å²) >= 11 is 0. The average molecular weight is 336 g/mol. The number of carbonyl (C=O) groups is 1. The molecule has 24 heavy (non-hydrogen) atoms. The number of piperazine rings is 1. The minimum atomic E-state index is 0.0527. The minimum absolute atomic E-state index is 0.0527. The van der Waals surface area contributed by atoms with Crippen molar-refractivity contribution in [2.45, 2.75) is 25.3 Å². The maximum absolute atomic E-state index is 12.1. The molecule has 2 aliphatic heterocycles. The van der Waals surface area contributed by atoms with Gasteiger partial charge in [0, 0.05) is 53.4 Å². The zero-order chi connectivity index (χ0) is 17.1. The molecule has 8 heteroatoms. The Bertz CT molecular complexity index is 553. The third-order valence-corrected chi connectivity index (χ3v) is 4.87. The predicted molar refractivity (Wildman–Crippen MR) is 89.7 cm³/mol. The molecular weight excluding hydrogens is 308 g/mol. The van der Waals surface area contributed by atoms with Crippen molar-refractivity contribution >= 4 is 6.03 Å². The van der Waals surface area contributed by atoms with Crippen LogP contribution in [-0.4, -0.2) is 96.2 Å². The van der Waals surface area contributed by atoms with Crippen molar-refractivity contribution in [3.05, 3.63) is 11.7 Å². The molecule has 0 saturated carbocycles. The molecule has 134 valence electrons. The molecule has 0 aliphatic carbocycles. The molecule has 0 bridgehead atoms. The standard InChI is InChI=1S/C16H28N6O2/c1-19(2)16(23)22-6-4-5-13(11-22)15-17-14(18-24-15)12-21-9-7-20(3)8-10-21/h13H,4-12H2,1-3H3/t13-/m1/s1. The van der Waals surface area contributed by atoms with Gasteiger partial charge >= 0.3 is 6.03 Å². The Kier molecular flexibility index (Phi) is 5.35. The lowest BCUT2D eigenvalue weighted by Gasteiger charge is -2.32. The number of urea groups is 1. The molecule has 2 aliphatic rings. The zero-order valence-electron chi connectivity index (χ0n) is 14.9. The number of aromatic nitrogens is 2. The summed E-state index contributed by atoms with van der Waals surface area (Å²) in [6, 6.07) is 0.0527. The quantitative estimate of drug-likeness (QED) is 0.808. The van der Waals surface area contributed by atoms with Gasteiger partial charge in [0.2, 0.25) is 5.89 Å². The summed E-state index contributed by atoms with van der Waals surface area (Å²) in [6.45, 7) is 6.43. The van der Waals surface area contributed by atoms with Gasteiger partial charge < -0.3 is 19.2 Å². The highest BCUT2D eigenvalue weighted by molar-refractivity contribution is 5.74. The number of nitrogens with zero attached hydrogens (tertiary/aromatic N) is 6. The molecule has 8 nitrogen and oxygen atoms in total. The molecule has 1 atom stereocenters. The number of hydrogen-bond acceptors (Lipinski definition) is 6. The summed E-state index contributed by atoms with van der Waals surface area (Å²) in [5, 5.41) is 4.15. The highest BCUT2D eigenvalue weighted by Crippen LogP contribution is 2.26. The van der Waals surface area contributed by atoms with Crippen LogP contribution in [0.2, 0.25) is 0 Å². The molecule has 3 rings (SSSR count). The van der Waals surface area contributed by atoms with Crippen LogP contribution in [0, 0.1) is 0 Å². The van der Waals surface area contributed by atoms with E-state index in [1.54, 1.807) is 19.0 Å². The van der Waals surface area contributed by atoms with Gasteiger partial charge in [0.25, 0.3) is 0 Å². The molecule has 0 N–H and O–H groups in total. The lowest BCUT2D eigenvalue weighted by molar-refractivity contribution is 0.144. The van der Waals surface area contributed by atoms with E-state index in [9.17, 15) is 4.79 Å². The first kappa shape index (κ1) is 17.2. The Morgan fingerprint density at radius 1 is 1.25 bits per heavy atom. The zero-order valence-corrected chi connectivity index (χ0v) is 14.9. The number of hydrogen-bond donors (Lipinski definition) is 0. The van der Waals surface area contributed by atoms with Gasteiger partial charge in [0.15, 0.2) is 5.82 Å². The molecule has 0 spiro atoms. The third-order valence-electron chi connectivity index (χ3n) is 4.87. The molecule has 2 fully saturated rings. The normalized spacial score (nSPS) is 23.5. The molecule has 1 aromatic heterocycles. The summed E-state index contributed by atoms with van der Waals surface area (Å²) in [5.41, 5.74) is 0. The van der Waals surface area contributed by atoms with Gasteiger partial charge in [0.05, 0.1) is 12.5 Å². The minimum Gasteiger partial charge on any atom is -0.339 e. The van der Waals surface area contributed by atoms with E-state index in [4.69, 9.17) is 4.52 Å². The van der Waals surface area contributed by atoms with Crippen molar-refractivity contribution in [3.63, 3.8) is 0 Å². The van der Waals surface area contributed by atoms with Gasteiger partial charge in [-0.2, -0.15) is 4.98 Å². The SMILES string of the molecule is CN1CCN(Cc2noc([C@@H]3CCCN(C(=O)N(C)C)C3)n2)CC1. The molecule has 2 saturated heterocycles. The van der Waals surface area contributed by atoms with E-state index in [-0.39, 0.29) is 11.9 Å². The summed E-state index contributed by atoms with van der Waals surface area (Å²) in [7, 11) is 5.72. The molecule has 0 unspecified atom stereocenters. The number of rotatable bonds is 3. The van der Waals surface area contributed by atoms with Crippen LogP contribution in [-0.2, 0) is 6.54 Å². The van der Waals surface area contributed by atoms with E-state index in [1.807, 2.05) is 4.90 Å². The first-order valence-corrected chi connectivity index (χ1v) is 8.72. The van der Waals surface area contributed by atoms with Gasteiger partial charge in [-0.15, -0.1) is 0 Å². The fourth-order valence-electron chi connectivity index (χ4n) is 3.34. The molecule has 3 heterocycles. The van der Waals surface area contributed by atoms with Crippen LogP contribution in [0.5, 0.6) is 0 Å². The van der Waals surface area contributed by atoms with Gasteiger partial charge in [-0.3, -0.25) is 4.90 Å². The van der Waals surface area contributed by atoms with Crippen LogP contribution in [0.25, 0.3) is 0 Å². The van der Waals surface area contributed by atoms with E-state index in [1.165, 1.54) is 0 Å². The Labute approximate surface area is 143 Å². The monoisotopic (exact) mass is 336 g/mol. The van der Waals surface area contributed by atoms with E-state index in [0.29, 0.717) is 12.4 Å². The van der Waals surface area contributed by atoms with E-state index in [0.717, 1.165) is 57.9 Å². The van der Waals surface area contributed by atoms with Crippen LogP contribution in [0.1, 0.15) is 30.5 Å². The van der Waals surface area contributed by atoms with E-state index >= 15 is 0 Å². The topological polar surface area (TPSA) is 69.0 Å². The van der Waals surface area contributed by atoms with Gasteiger partial charge in [-0.1, -0.05) is 5.16 Å². The molecule has 0 aromatic carbocycles. The molecular formula is C16H28N6O2. The first-order valence-electron chi connectivity index (χ1n) is 8.72.